The Labute approximate surface area is 136 Å². The Morgan fingerprint density at radius 1 is 1.17 bits per heavy atom. The maximum atomic E-state index is 5.26. The number of hydrogen-bond acceptors (Lipinski definition) is 3. The molecule has 0 saturated carbocycles. The molecule has 118 valence electrons. The van der Waals surface area contributed by atoms with Crippen molar-refractivity contribution in [3.63, 3.8) is 0 Å². The van der Waals surface area contributed by atoms with Gasteiger partial charge in [0, 0.05) is 6.04 Å². The number of ether oxygens (including phenoxy) is 1. The average Bonchev–Trinajstić information content (AvgIpc) is 3.21. The number of nitrogens with zero attached hydrogens (tertiary/aromatic N) is 2. The summed E-state index contributed by atoms with van der Waals surface area (Å²) in [5.74, 6) is 1.96. The Kier molecular flexibility index (Phi) is 3.75. The zero-order chi connectivity index (χ0) is 15.6. The summed E-state index contributed by atoms with van der Waals surface area (Å²) < 4.78 is 5.26. The second kappa shape index (κ2) is 6.05. The van der Waals surface area contributed by atoms with Crippen LogP contribution in [0.15, 0.2) is 48.5 Å². The number of aromatic amines is 1. The molecule has 1 aliphatic rings. The van der Waals surface area contributed by atoms with Gasteiger partial charge in [-0.3, -0.25) is 4.90 Å². The lowest BCUT2D eigenvalue weighted by molar-refractivity contribution is 0.243. The third-order valence-electron chi connectivity index (χ3n) is 4.66. The molecule has 1 aliphatic heterocycles. The second-order valence-corrected chi connectivity index (χ2v) is 6.10. The van der Waals surface area contributed by atoms with Crippen molar-refractivity contribution in [1.29, 1.82) is 0 Å². The van der Waals surface area contributed by atoms with E-state index >= 15 is 0 Å². The maximum absolute atomic E-state index is 5.26. The molecule has 1 saturated heterocycles. The summed E-state index contributed by atoms with van der Waals surface area (Å²) in [4.78, 5) is 10.7. The SMILES string of the molecule is COc1ccc([C@H]2CCCN2Cc2nc3ccccc3[nH]2)cc1. The standard InChI is InChI=1S/C19H21N3O/c1-23-15-10-8-14(9-11-15)18-7-4-12-22(18)13-19-20-16-5-2-3-6-17(16)21-19/h2-3,5-6,8-11,18H,4,7,12-13H2,1H3,(H,20,21)/t18-/m1/s1. The van der Waals surface area contributed by atoms with Crippen molar-refractivity contribution in [2.75, 3.05) is 13.7 Å². The first-order valence-corrected chi connectivity index (χ1v) is 8.15. The highest BCUT2D eigenvalue weighted by Gasteiger charge is 2.26. The molecular weight excluding hydrogens is 286 g/mol. The van der Waals surface area contributed by atoms with E-state index in [0.29, 0.717) is 6.04 Å². The van der Waals surface area contributed by atoms with Gasteiger partial charge in [0.15, 0.2) is 0 Å². The Morgan fingerprint density at radius 3 is 2.78 bits per heavy atom. The zero-order valence-electron chi connectivity index (χ0n) is 13.3. The van der Waals surface area contributed by atoms with Crippen LogP contribution in [-0.4, -0.2) is 28.5 Å². The topological polar surface area (TPSA) is 41.1 Å². The monoisotopic (exact) mass is 307 g/mol. The van der Waals surface area contributed by atoms with Gasteiger partial charge >= 0.3 is 0 Å². The highest BCUT2D eigenvalue weighted by molar-refractivity contribution is 5.74. The minimum absolute atomic E-state index is 0.467. The van der Waals surface area contributed by atoms with Gasteiger partial charge in [-0.05, 0) is 49.2 Å². The molecule has 0 aliphatic carbocycles. The van der Waals surface area contributed by atoms with Crippen LogP contribution in [-0.2, 0) is 6.54 Å². The summed E-state index contributed by atoms with van der Waals surface area (Å²) in [5, 5.41) is 0. The van der Waals surface area contributed by atoms with E-state index < -0.39 is 0 Å². The second-order valence-electron chi connectivity index (χ2n) is 6.10. The molecule has 2 heterocycles. The summed E-state index contributed by atoms with van der Waals surface area (Å²) >= 11 is 0. The van der Waals surface area contributed by atoms with Gasteiger partial charge in [-0.2, -0.15) is 0 Å². The third kappa shape index (κ3) is 2.82. The van der Waals surface area contributed by atoms with Gasteiger partial charge < -0.3 is 9.72 Å². The molecule has 1 fully saturated rings. The van der Waals surface area contributed by atoms with Crippen molar-refractivity contribution < 1.29 is 4.74 Å². The number of fused-ring (bicyclic) bond motifs is 1. The number of rotatable bonds is 4. The molecule has 0 bridgehead atoms. The molecule has 1 atom stereocenters. The van der Waals surface area contributed by atoms with Gasteiger partial charge in [0.2, 0.25) is 0 Å². The number of aromatic nitrogens is 2. The molecule has 1 aromatic heterocycles. The normalized spacial score (nSPS) is 18.6. The molecule has 1 N–H and O–H groups in total. The van der Waals surface area contributed by atoms with Gasteiger partial charge in [0.1, 0.15) is 11.6 Å². The molecule has 2 aromatic carbocycles. The van der Waals surface area contributed by atoms with Gasteiger partial charge in [-0.1, -0.05) is 24.3 Å². The number of imidazole rings is 1. The lowest BCUT2D eigenvalue weighted by Crippen LogP contribution is -2.23. The van der Waals surface area contributed by atoms with Gasteiger partial charge in [0.25, 0.3) is 0 Å². The summed E-state index contributed by atoms with van der Waals surface area (Å²) in [7, 11) is 1.71. The van der Waals surface area contributed by atoms with E-state index in [1.165, 1.54) is 18.4 Å². The first-order valence-electron chi connectivity index (χ1n) is 8.15. The number of nitrogens with one attached hydrogen (secondary N) is 1. The molecule has 4 heteroatoms. The number of para-hydroxylation sites is 2. The van der Waals surface area contributed by atoms with E-state index in [0.717, 1.165) is 35.7 Å². The molecule has 0 amide bonds. The predicted molar refractivity (Wildman–Crippen MR) is 91.5 cm³/mol. The van der Waals surface area contributed by atoms with E-state index in [1.807, 2.05) is 24.3 Å². The summed E-state index contributed by atoms with van der Waals surface area (Å²) in [5.41, 5.74) is 3.52. The van der Waals surface area contributed by atoms with Crippen LogP contribution in [0.4, 0.5) is 0 Å². The number of likely N-dealkylation sites (tertiary alicyclic amines) is 1. The van der Waals surface area contributed by atoms with Crippen LogP contribution in [0.1, 0.15) is 30.3 Å². The van der Waals surface area contributed by atoms with Crippen LogP contribution < -0.4 is 4.74 Å². The van der Waals surface area contributed by atoms with Gasteiger partial charge in [-0.15, -0.1) is 0 Å². The van der Waals surface area contributed by atoms with Crippen molar-refractivity contribution in [3.05, 3.63) is 59.9 Å². The van der Waals surface area contributed by atoms with Gasteiger partial charge in [-0.25, -0.2) is 4.98 Å². The fourth-order valence-electron chi connectivity index (χ4n) is 3.49. The molecule has 23 heavy (non-hydrogen) atoms. The Morgan fingerprint density at radius 2 is 2.00 bits per heavy atom. The average molecular weight is 307 g/mol. The zero-order valence-corrected chi connectivity index (χ0v) is 13.3. The van der Waals surface area contributed by atoms with E-state index in [-0.39, 0.29) is 0 Å². The van der Waals surface area contributed by atoms with Crippen LogP contribution in [0, 0.1) is 0 Å². The first-order chi connectivity index (χ1) is 11.3. The lowest BCUT2D eigenvalue weighted by atomic mass is 10.0. The molecule has 0 unspecified atom stereocenters. The van der Waals surface area contributed by atoms with Crippen molar-refractivity contribution in [2.24, 2.45) is 0 Å². The fourth-order valence-corrected chi connectivity index (χ4v) is 3.49. The van der Waals surface area contributed by atoms with Crippen LogP contribution >= 0.6 is 0 Å². The third-order valence-corrected chi connectivity index (χ3v) is 4.66. The molecule has 0 radical (unpaired) electrons. The van der Waals surface area contributed by atoms with Crippen molar-refractivity contribution in [2.45, 2.75) is 25.4 Å². The van der Waals surface area contributed by atoms with Crippen LogP contribution in [0.25, 0.3) is 11.0 Å². The smallest absolute Gasteiger partial charge is 0.121 e. The fraction of sp³-hybridized carbons (Fsp3) is 0.316. The molecule has 3 aromatic rings. The minimum atomic E-state index is 0.467. The summed E-state index contributed by atoms with van der Waals surface area (Å²) in [6.07, 6.45) is 2.43. The van der Waals surface area contributed by atoms with E-state index in [2.05, 4.69) is 34.1 Å². The maximum Gasteiger partial charge on any atom is 0.121 e. The van der Waals surface area contributed by atoms with Crippen molar-refractivity contribution in [3.8, 4) is 5.75 Å². The number of hydrogen-bond donors (Lipinski definition) is 1. The van der Waals surface area contributed by atoms with Crippen LogP contribution in [0.3, 0.4) is 0 Å². The van der Waals surface area contributed by atoms with Crippen LogP contribution in [0.5, 0.6) is 5.75 Å². The molecule has 4 nitrogen and oxygen atoms in total. The quantitative estimate of drug-likeness (QED) is 0.794. The van der Waals surface area contributed by atoms with E-state index in [1.54, 1.807) is 7.11 Å². The lowest BCUT2D eigenvalue weighted by Gasteiger charge is -2.24. The predicted octanol–water partition coefficient (Wildman–Crippen LogP) is 3.91. The van der Waals surface area contributed by atoms with Gasteiger partial charge in [0.05, 0.1) is 24.7 Å². The Hall–Kier alpha value is -2.33. The highest BCUT2D eigenvalue weighted by Crippen LogP contribution is 2.33. The largest absolute Gasteiger partial charge is 0.497 e. The molecular formula is C19H21N3O. The summed E-state index contributed by atoms with van der Waals surface area (Å²) in [6.45, 7) is 1.99. The Bertz CT molecular complexity index is 761. The van der Waals surface area contributed by atoms with Crippen molar-refractivity contribution >= 4 is 11.0 Å². The van der Waals surface area contributed by atoms with Crippen molar-refractivity contribution in [1.82, 2.24) is 14.9 Å². The summed E-state index contributed by atoms with van der Waals surface area (Å²) in [6, 6.07) is 17.1. The molecule has 4 rings (SSSR count). The van der Waals surface area contributed by atoms with E-state index in [9.17, 15) is 0 Å². The number of methoxy groups -OCH3 is 1. The van der Waals surface area contributed by atoms with E-state index in [4.69, 9.17) is 9.72 Å². The molecule has 0 spiro atoms. The minimum Gasteiger partial charge on any atom is -0.497 e. The first kappa shape index (κ1) is 14.3. The Balaban J connectivity index is 1.54. The van der Waals surface area contributed by atoms with Crippen LogP contribution in [0.2, 0.25) is 0 Å². The number of H-pyrrole nitrogens is 1. The number of benzene rings is 2. The highest BCUT2D eigenvalue weighted by atomic mass is 16.5.